The zero-order chi connectivity index (χ0) is 15.9. The van der Waals surface area contributed by atoms with Crippen LogP contribution in [0.4, 0.5) is 0 Å². The Morgan fingerprint density at radius 1 is 1.04 bits per heavy atom. The van der Waals surface area contributed by atoms with Crippen molar-refractivity contribution >= 4 is 0 Å². The largest absolute Gasteiger partial charge is 0.492 e. The molecule has 0 radical (unpaired) electrons. The van der Waals surface area contributed by atoms with Crippen LogP contribution in [0.5, 0.6) is 5.75 Å². The van der Waals surface area contributed by atoms with E-state index in [1.165, 1.54) is 63.7 Å². The number of para-hydroxylation sites is 1. The minimum Gasteiger partial charge on any atom is -0.492 e. The Balaban J connectivity index is 1.52. The van der Waals surface area contributed by atoms with Crippen molar-refractivity contribution < 1.29 is 4.74 Å². The lowest BCUT2D eigenvalue weighted by Gasteiger charge is -2.27. The topological polar surface area (TPSA) is 15.7 Å². The minimum absolute atomic E-state index is 0.761. The van der Waals surface area contributed by atoms with E-state index in [0.29, 0.717) is 0 Å². The van der Waals surface area contributed by atoms with Crippen LogP contribution in [0.15, 0.2) is 24.3 Å². The van der Waals surface area contributed by atoms with Crippen LogP contribution in [-0.2, 0) is 6.54 Å². The van der Waals surface area contributed by atoms with Gasteiger partial charge in [-0.2, -0.15) is 0 Å². The maximum absolute atomic E-state index is 6.15. The molecule has 0 aromatic heterocycles. The smallest absolute Gasteiger partial charge is 0.123 e. The highest BCUT2D eigenvalue weighted by Crippen LogP contribution is 2.26. The Labute approximate surface area is 141 Å². The van der Waals surface area contributed by atoms with Gasteiger partial charge in [0.05, 0.1) is 0 Å². The number of likely N-dealkylation sites (tertiary alicyclic amines) is 2. The molecule has 0 N–H and O–H groups in total. The quantitative estimate of drug-likeness (QED) is 0.758. The summed E-state index contributed by atoms with van der Waals surface area (Å²) in [6.45, 7) is 8.96. The van der Waals surface area contributed by atoms with Gasteiger partial charge in [-0.05, 0) is 57.8 Å². The summed E-state index contributed by atoms with van der Waals surface area (Å²) in [5, 5.41) is 0. The van der Waals surface area contributed by atoms with Crippen LogP contribution < -0.4 is 4.74 Å². The van der Waals surface area contributed by atoms with Crippen molar-refractivity contribution in [3.63, 3.8) is 0 Å². The number of piperidine rings is 1. The molecule has 0 unspecified atom stereocenters. The van der Waals surface area contributed by atoms with Crippen LogP contribution in [0.3, 0.4) is 0 Å². The van der Waals surface area contributed by atoms with E-state index >= 15 is 0 Å². The summed E-state index contributed by atoms with van der Waals surface area (Å²) in [6, 6.07) is 9.38. The molecule has 0 spiro atoms. The van der Waals surface area contributed by atoms with Gasteiger partial charge in [0, 0.05) is 24.7 Å². The second-order valence-electron chi connectivity index (χ2n) is 7.03. The summed E-state index contributed by atoms with van der Waals surface area (Å²) in [4.78, 5) is 5.17. The van der Waals surface area contributed by atoms with Gasteiger partial charge in [-0.25, -0.2) is 0 Å². The molecule has 2 aliphatic rings. The van der Waals surface area contributed by atoms with Crippen LogP contribution >= 0.6 is 0 Å². The first kappa shape index (κ1) is 16.8. The molecule has 1 aromatic rings. The fourth-order valence-electron chi connectivity index (χ4n) is 4.03. The first-order chi connectivity index (χ1) is 11.4. The molecule has 2 saturated heterocycles. The molecule has 3 heteroatoms. The third-order valence-corrected chi connectivity index (χ3v) is 5.43. The molecule has 3 nitrogen and oxygen atoms in total. The third-order valence-electron chi connectivity index (χ3n) is 5.43. The SMILES string of the molecule is CC[C@H]1CCCN1Cc1ccccc1OCCN1CCCCC1. The molecule has 0 aliphatic carbocycles. The first-order valence-electron chi connectivity index (χ1n) is 9.54. The molecule has 23 heavy (non-hydrogen) atoms. The summed E-state index contributed by atoms with van der Waals surface area (Å²) >= 11 is 0. The maximum atomic E-state index is 6.15. The van der Waals surface area contributed by atoms with E-state index in [1.54, 1.807) is 0 Å². The molecule has 128 valence electrons. The van der Waals surface area contributed by atoms with Gasteiger partial charge in [0.15, 0.2) is 0 Å². The van der Waals surface area contributed by atoms with Gasteiger partial charge in [0.2, 0.25) is 0 Å². The lowest BCUT2D eigenvalue weighted by atomic mass is 10.1. The van der Waals surface area contributed by atoms with E-state index in [4.69, 9.17) is 4.74 Å². The average Bonchev–Trinajstić information content (AvgIpc) is 3.04. The highest BCUT2D eigenvalue weighted by Gasteiger charge is 2.23. The van der Waals surface area contributed by atoms with Crippen LogP contribution in [0.2, 0.25) is 0 Å². The molecule has 3 rings (SSSR count). The van der Waals surface area contributed by atoms with Gasteiger partial charge in [0.25, 0.3) is 0 Å². The second kappa shape index (κ2) is 8.70. The van der Waals surface area contributed by atoms with E-state index in [9.17, 15) is 0 Å². The summed E-state index contributed by atoms with van der Waals surface area (Å²) < 4.78 is 6.15. The molecule has 2 fully saturated rings. The number of benzene rings is 1. The van der Waals surface area contributed by atoms with E-state index in [-0.39, 0.29) is 0 Å². The van der Waals surface area contributed by atoms with Crippen molar-refractivity contribution in [2.45, 2.75) is 58.0 Å². The van der Waals surface area contributed by atoms with Crippen molar-refractivity contribution in [3.8, 4) is 5.75 Å². The van der Waals surface area contributed by atoms with Gasteiger partial charge >= 0.3 is 0 Å². The Kier molecular flexibility index (Phi) is 6.35. The molecule has 1 aromatic carbocycles. The number of hydrogen-bond donors (Lipinski definition) is 0. The van der Waals surface area contributed by atoms with Gasteiger partial charge in [0.1, 0.15) is 12.4 Å². The molecule has 0 bridgehead atoms. The number of hydrogen-bond acceptors (Lipinski definition) is 3. The van der Waals surface area contributed by atoms with Crippen LogP contribution in [0.1, 0.15) is 51.0 Å². The van der Waals surface area contributed by atoms with Gasteiger partial charge in [-0.15, -0.1) is 0 Å². The van der Waals surface area contributed by atoms with E-state index in [2.05, 4.69) is 41.0 Å². The fraction of sp³-hybridized carbons (Fsp3) is 0.700. The standard InChI is InChI=1S/C20H32N2O/c1-2-19-10-8-14-22(19)17-18-9-4-5-11-20(18)23-16-15-21-12-6-3-7-13-21/h4-5,9,11,19H,2-3,6-8,10,12-17H2,1H3/t19-/m0/s1. The molecule has 2 aliphatic heterocycles. The monoisotopic (exact) mass is 316 g/mol. The summed E-state index contributed by atoms with van der Waals surface area (Å²) in [5.41, 5.74) is 1.35. The minimum atomic E-state index is 0.761. The fourth-order valence-corrected chi connectivity index (χ4v) is 4.03. The van der Waals surface area contributed by atoms with Crippen molar-refractivity contribution in [1.82, 2.24) is 9.80 Å². The second-order valence-corrected chi connectivity index (χ2v) is 7.03. The Bertz CT molecular complexity index is 470. The van der Waals surface area contributed by atoms with E-state index in [1.807, 2.05) is 0 Å². The molecule has 2 heterocycles. The summed E-state index contributed by atoms with van der Waals surface area (Å²) in [5.74, 6) is 1.09. The Hall–Kier alpha value is -1.06. The predicted molar refractivity (Wildman–Crippen MR) is 96.0 cm³/mol. The van der Waals surface area contributed by atoms with Crippen molar-refractivity contribution in [2.75, 3.05) is 32.8 Å². The normalized spacial score (nSPS) is 23.3. The molecule has 1 atom stereocenters. The number of ether oxygens (including phenoxy) is 1. The van der Waals surface area contributed by atoms with Gasteiger partial charge in [-0.3, -0.25) is 9.80 Å². The highest BCUT2D eigenvalue weighted by molar-refractivity contribution is 5.33. The molecule has 0 amide bonds. The van der Waals surface area contributed by atoms with Crippen molar-refractivity contribution in [1.29, 1.82) is 0 Å². The molecular weight excluding hydrogens is 284 g/mol. The summed E-state index contributed by atoms with van der Waals surface area (Å²) in [6.07, 6.45) is 8.06. The van der Waals surface area contributed by atoms with E-state index in [0.717, 1.165) is 31.5 Å². The van der Waals surface area contributed by atoms with Crippen LogP contribution in [-0.4, -0.2) is 48.6 Å². The highest BCUT2D eigenvalue weighted by atomic mass is 16.5. The Morgan fingerprint density at radius 2 is 1.87 bits per heavy atom. The number of rotatable bonds is 7. The first-order valence-corrected chi connectivity index (χ1v) is 9.54. The third kappa shape index (κ3) is 4.71. The lowest BCUT2D eigenvalue weighted by Crippen LogP contribution is -2.33. The molecule has 0 saturated carbocycles. The van der Waals surface area contributed by atoms with Crippen molar-refractivity contribution in [3.05, 3.63) is 29.8 Å². The predicted octanol–water partition coefficient (Wildman–Crippen LogP) is 3.93. The molecular formula is C20H32N2O. The Morgan fingerprint density at radius 3 is 2.70 bits per heavy atom. The maximum Gasteiger partial charge on any atom is 0.123 e. The average molecular weight is 316 g/mol. The zero-order valence-corrected chi connectivity index (χ0v) is 14.7. The van der Waals surface area contributed by atoms with Gasteiger partial charge in [-0.1, -0.05) is 31.5 Å². The van der Waals surface area contributed by atoms with E-state index < -0.39 is 0 Å². The van der Waals surface area contributed by atoms with Crippen LogP contribution in [0.25, 0.3) is 0 Å². The summed E-state index contributed by atoms with van der Waals surface area (Å²) in [7, 11) is 0. The number of nitrogens with zero attached hydrogens (tertiary/aromatic N) is 2. The van der Waals surface area contributed by atoms with Crippen molar-refractivity contribution in [2.24, 2.45) is 0 Å². The van der Waals surface area contributed by atoms with Crippen LogP contribution in [0, 0.1) is 0 Å². The lowest BCUT2D eigenvalue weighted by molar-refractivity contribution is 0.180. The van der Waals surface area contributed by atoms with Gasteiger partial charge < -0.3 is 4.74 Å². The zero-order valence-electron chi connectivity index (χ0n) is 14.7.